The van der Waals surface area contributed by atoms with E-state index in [2.05, 4.69) is 39.4 Å². The summed E-state index contributed by atoms with van der Waals surface area (Å²) in [6, 6.07) is 15.2. The first kappa shape index (κ1) is 18.2. The number of aromatic nitrogens is 2. The zero-order valence-electron chi connectivity index (χ0n) is 16.2. The molecule has 1 aromatic heterocycles. The maximum Gasteiger partial charge on any atom is 0.255 e. The molecule has 28 heavy (non-hydrogen) atoms. The van der Waals surface area contributed by atoms with Crippen molar-refractivity contribution in [2.75, 3.05) is 23.3 Å². The number of piperidine rings is 1. The molecule has 4 rings (SSSR count). The Labute approximate surface area is 164 Å². The Kier molecular flexibility index (Phi) is 5.10. The average molecular weight is 376 g/mol. The fraction of sp³-hybridized carbons (Fsp3) is 0.318. The number of hydrogen-bond donors (Lipinski definition) is 1. The number of aryl methyl sites for hydroxylation is 1. The maximum absolute atomic E-state index is 12.5. The van der Waals surface area contributed by atoms with Crippen LogP contribution >= 0.6 is 0 Å². The van der Waals surface area contributed by atoms with Gasteiger partial charge in [0.2, 0.25) is 11.7 Å². The highest BCUT2D eigenvalue weighted by atomic mass is 16.5. The van der Waals surface area contributed by atoms with Crippen LogP contribution in [0.25, 0.3) is 11.4 Å². The Balaban J connectivity index is 1.39. The van der Waals surface area contributed by atoms with E-state index in [9.17, 15) is 4.79 Å². The molecule has 2 heterocycles. The zero-order valence-corrected chi connectivity index (χ0v) is 16.2. The lowest BCUT2D eigenvalue weighted by molar-refractivity contribution is 0.102. The van der Waals surface area contributed by atoms with Crippen LogP contribution in [0.15, 0.2) is 53.1 Å². The molecule has 6 heteroatoms. The van der Waals surface area contributed by atoms with Gasteiger partial charge in [-0.05, 0) is 55.2 Å². The molecule has 1 saturated heterocycles. The molecule has 0 saturated carbocycles. The summed E-state index contributed by atoms with van der Waals surface area (Å²) in [6.45, 7) is 6.25. The Morgan fingerprint density at radius 3 is 2.36 bits per heavy atom. The van der Waals surface area contributed by atoms with Gasteiger partial charge < -0.3 is 14.7 Å². The number of carbonyl (C=O) groups is 1. The quantitative estimate of drug-likeness (QED) is 0.724. The van der Waals surface area contributed by atoms with E-state index in [1.807, 2.05) is 24.3 Å². The topological polar surface area (TPSA) is 71.3 Å². The minimum absolute atomic E-state index is 0.143. The first-order valence-corrected chi connectivity index (χ1v) is 9.65. The van der Waals surface area contributed by atoms with E-state index in [1.165, 1.54) is 18.5 Å². The molecule has 144 valence electrons. The summed E-state index contributed by atoms with van der Waals surface area (Å²) in [5.41, 5.74) is 3.40. The van der Waals surface area contributed by atoms with Crippen LogP contribution in [-0.4, -0.2) is 29.1 Å². The lowest BCUT2D eigenvalue weighted by atomic mass is 9.99. The zero-order chi connectivity index (χ0) is 19.5. The lowest BCUT2D eigenvalue weighted by Gasteiger charge is -2.32. The molecule has 0 unspecified atom stereocenters. The minimum Gasteiger partial charge on any atom is -0.372 e. The Bertz CT molecular complexity index is 939. The molecule has 3 aromatic rings. The molecule has 1 aliphatic heterocycles. The van der Waals surface area contributed by atoms with Gasteiger partial charge in [-0.25, -0.2) is 0 Å². The molecule has 6 nitrogen and oxygen atoms in total. The molecule has 2 aromatic carbocycles. The molecule has 0 bridgehead atoms. The lowest BCUT2D eigenvalue weighted by Crippen LogP contribution is -2.32. The summed E-state index contributed by atoms with van der Waals surface area (Å²) < 4.78 is 4.99. The van der Waals surface area contributed by atoms with Crippen molar-refractivity contribution in [2.24, 2.45) is 5.92 Å². The molecule has 1 N–H and O–H groups in total. The summed E-state index contributed by atoms with van der Waals surface area (Å²) >= 11 is 0. The first-order chi connectivity index (χ1) is 13.6. The van der Waals surface area contributed by atoms with Gasteiger partial charge in [0.1, 0.15) is 0 Å². The molecule has 0 radical (unpaired) electrons. The second-order valence-electron chi connectivity index (χ2n) is 7.38. The number of rotatable bonds is 4. The number of hydrogen-bond acceptors (Lipinski definition) is 5. The number of benzene rings is 2. The van der Waals surface area contributed by atoms with Crippen LogP contribution in [-0.2, 0) is 0 Å². The third kappa shape index (κ3) is 4.06. The molecule has 1 fully saturated rings. The molecular formula is C22H24N4O2. The predicted octanol–water partition coefficient (Wildman–Crippen LogP) is 4.53. The smallest absolute Gasteiger partial charge is 0.255 e. The minimum atomic E-state index is -0.143. The fourth-order valence-electron chi connectivity index (χ4n) is 3.41. The number of nitrogens with one attached hydrogen (secondary N) is 1. The van der Waals surface area contributed by atoms with E-state index in [0.29, 0.717) is 17.3 Å². The van der Waals surface area contributed by atoms with Crippen molar-refractivity contribution >= 4 is 17.3 Å². The normalized spacial score (nSPS) is 14.9. The molecule has 0 atom stereocenters. The first-order valence-electron chi connectivity index (χ1n) is 9.65. The number of carbonyl (C=O) groups excluding carboxylic acids is 1. The maximum atomic E-state index is 12.5. The highest BCUT2D eigenvalue weighted by Crippen LogP contribution is 2.24. The standard InChI is InChI=1S/C22H24N4O2/c1-15-11-13-26(14-12-15)20-9-7-19(8-10-20)24-22(27)18-5-3-17(4-6-18)21-23-16(2)28-25-21/h3-10,15H,11-14H2,1-2H3,(H,24,27). The molecule has 0 spiro atoms. The van der Waals surface area contributed by atoms with Crippen LogP contribution in [0.5, 0.6) is 0 Å². The monoisotopic (exact) mass is 376 g/mol. The Morgan fingerprint density at radius 2 is 1.75 bits per heavy atom. The van der Waals surface area contributed by atoms with Gasteiger partial charge >= 0.3 is 0 Å². The van der Waals surface area contributed by atoms with E-state index in [-0.39, 0.29) is 5.91 Å². The van der Waals surface area contributed by atoms with Gasteiger partial charge in [0.15, 0.2) is 0 Å². The third-order valence-corrected chi connectivity index (χ3v) is 5.21. The summed E-state index contributed by atoms with van der Waals surface area (Å²) in [5.74, 6) is 1.70. The largest absolute Gasteiger partial charge is 0.372 e. The SMILES string of the molecule is Cc1nc(-c2ccc(C(=O)Nc3ccc(N4CCC(C)CC4)cc3)cc2)no1. The van der Waals surface area contributed by atoms with Gasteiger partial charge in [-0.2, -0.15) is 4.98 Å². The van der Waals surface area contributed by atoms with Crippen LogP contribution in [0.3, 0.4) is 0 Å². The Hall–Kier alpha value is -3.15. The highest BCUT2D eigenvalue weighted by Gasteiger charge is 2.16. The number of amides is 1. The second kappa shape index (κ2) is 7.84. The molecular weight excluding hydrogens is 352 g/mol. The van der Waals surface area contributed by atoms with Crippen LogP contribution < -0.4 is 10.2 Å². The van der Waals surface area contributed by atoms with Crippen molar-refractivity contribution in [3.63, 3.8) is 0 Å². The van der Waals surface area contributed by atoms with E-state index in [4.69, 9.17) is 4.52 Å². The summed E-state index contributed by atoms with van der Waals surface area (Å²) in [7, 11) is 0. The van der Waals surface area contributed by atoms with Crippen molar-refractivity contribution in [3.05, 3.63) is 60.0 Å². The fourth-order valence-corrected chi connectivity index (χ4v) is 3.41. The van der Waals surface area contributed by atoms with Gasteiger partial charge in [-0.1, -0.05) is 24.2 Å². The Morgan fingerprint density at radius 1 is 1.07 bits per heavy atom. The van der Waals surface area contributed by atoms with Crippen LogP contribution in [0.1, 0.15) is 36.0 Å². The number of anilines is 2. The van der Waals surface area contributed by atoms with Crippen LogP contribution in [0.2, 0.25) is 0 Å². The summed E-state index contributed by atoms with van der Waals surface area (Å²) in [6.07, 6.45) is 2.47. The van der Waals surface area contributed by atoms with Crippen molar-refractivity contribution in [1.29, 1.82) is 0 Å². The average Bonchev–Trinajstić information content (AvgIpc) is 3.16. The highest BCUT2D eigenvalue weighted by molar-refractivity contribution is 6.04. The van der Waals surface area contributed by atoms with Gasteiger partial charge in [0.05, 0.1) is 0 Å². The number of nitrogens with zero attached hydrogens (tertiary/aromatic N) is 3. The molecule has 1 aliphatic rings. The molecule has 1 amide bonds. The van der Waals surface area contributed by atoms with E-state index in [0.717, 1.165) is 30.3 Å². The molecule has 0 aliphatic carbocycles. The van der Waals surface area contributed by atoms with Crippen LogP contribution in [0, 0.1) is 12.8 Å². The van der Waals surface area contributed by atoms with Gasteiger partial charge in [-0.15, -0.1) is 0 Å². The van der Waals surface area contributed by atoms with E-state index >= 15 is 0 Å². The van der Waals surface area contributed by atoms with Gasteiger partial charge in [0.25, 0.3) is 5.91 Å². The van der Waals surface area contributed by atoms with Gasteiger partial charge in [-0.3, -0.25) is 4.79 Å². The van der Waals surface area contributed by atoms with Crippen molar-refractivity contribution in [3.8, 4) is 11.4 Å². The van der Waals surface area contributed by atoms with Crippen LogP contribution in [0.4, 0.5) is 11.4 Å². The van der Waals surface area contributed by atoms with Crippen molar-refractivity contribution in [2.45, 2.75) is 26.7 Å². The summed E-state index contributed by atoms with van der Waals surface area (Å²) in [5, 5.41) is 6.84. The van der Waals surface area contributed by atoms with Crippen molar-refractivity contribution < 1.29 is 9.32 Å². The van der Waals surface area contributed by atoms with Crippen molar-refractivity contribution in [1.82, 2.24) is 10.1 Å². The van der Waals surface area contributed by atoms with E-state index in [1.54, 1.807) is 19.1 Å². The third-order valence-electron chi connectivity index (χ3n) is 5.21. The predicted molar refractivity (Wildman–Crippen MR) is 109 cm³/mol. The second-order valence-corrected chi connectivity index (χ2v) is 7.38. The van der Waals surface area contributed by atoms with Gasteiger partial charge in [0, 0.05) is 42.5 Å². The summed E-state index contributed by atoms with van der Waals surface area (Å²) in [4.78, 5) is 19.1. The van der Waals surface area contributed by atoms with E-state index < -0.39 is 0 Å².